The number of hydrogen-bond donors (Lipinski definition) is 1. The number of hydrogen-bond acceptors (Lipinski definition) is 3. The maximum absolute atomic E-state index is 4.94. The molecule has 0 heterocycles. The fourth-order valence-corrected chi connectivity index (χ4v) is 2.14. The zero-order chi connectivity index (χ0) is 9.40. The van der Waals surface area contributed by atoms with Crippen molar-refractivity contribution >= 4 is 11.8 Å². The lowest BCUT2D eigenvalue weighted by atomic mass is 10.4. The monoisotopic (exact) mass is 191 g/mol. The van der Waals surface area contributed by atoms with E-state index in [1.54, 1.807) is 7.11 Å². The van der Waals surface area contributed by atoms with Crippen LogP contribution in [0.1, 0.15) is 20.8 Å². The molecule has 74 valence electrons. The maximum atomic E-state index is 4.94. The summed E-state index contributed by atoms with van der Waals surface area (Å²) in [6.45, 7) is 9.56. The summed E-state index contributed by atoms with van der Waals surface area (Å²) in [5.41, 5.74) is 0. The molecule has 0 radical (unpaired) electrons. The van der Waals surface area contributed by atoms with Gasteiger partial charge in [-0.15, -0.1) is 0 Å². The zero-order valence-electron chi connectivity index (χ0n) is 8.59. The third kappa shape index (κ3) is 8.37. The van der Waals surface area contributed by atoms with Crippen LogP contribution < -0.4 is 5.32 Å². The molecule has 0 saturated carbocycles. The van der Waals surface area contributed by atoms with Crippen LogP contribution in [0.3, 0.4) is 0 Å². The fraction of sp³-hybridized carbons (Fsp3) is 1.00. The molecular weight excluding hydrogens is 170 g/mol. The predicted molar refractivity (Wildman–Crippen MR) is 56.9 cm³/mol. The summed E-state index contributed by atoms with van der Waals surface area (Å²) in [5.74, 6) is 0. The predicted octanol–water partition coefficient (Wildman–Crippen LogP) is 1.75. The molecule has 0 saturated heterocycles. The van der Waals surface area contributed by atoms with Crippen molar-refractivity contribution in [2.75, 3.05) is 26.8 Å². The van der Waals surface area contributed by atoms with Gasteiger partial charge in [0, 0.05) is 25.4 Å². The van der Waals surface area contributed by atoms with Crippen molar-refractivity contribution in [1.29, 1.82) is 0 Å². The van der Waals surface area contributed by atoms with Crippen LogP contribution in [0.4, 0.5) is 0 Å². The zero-order valence-corrected chi connectivity index (χ0v) is 9.41. The average molecular weight is 191 g/mol. The normalized spacial score (nSPS) is 13.8. The average Bonchev–Trinajstić information content (AvgIpc) is 1.97. The molecule has 0 aromatic rings. The molecule has 3 heteroatoms. The molecular formula is C9H21NOS. The van der Waals surface area contributed by atoms with Crippen molar-refractivity contribution in [2.24, 2.45) is 0 Å². The van der Waals surface area contributed by atoms with Gasteiger partial charge in [0.1, 0.15) is 0 Å². The Balaban J connectivity index is 3.14. The molecule has 0 aliphatic heterocycles. The first-order chi connectivity index (χ1) is 5.66. The van der Waals surface area contributed by atoms with Crippen molar-refractivity contribution < 1.29 is 4.74 Å². The van der Waals surface area contributed by atoms with E-state index in [1.165, 1.54) is 0 Å². The van der Waals surface area contributed by atoms with Gasteiger partial charge in [-0.25, -0.2) is 0 Å². The first kappa shape index (κ1) is 12.3. The molecule has 0 bridgehead atoms. The first-order valence-corrected chi connectivity index (χ1v) is 5.46. The van der Waals surface area contributed by atoms with E-state index in [0.29, 0.717) is 5.25 Å². The topological polar surface area (TPSA) is 21.3 Å². The van der Waals surface area contributed by atoms with Gasteiger partial charge >= 0.3 is 0 Å². The quantitative estimate of drug-likeness (QED) is 0.620. The lowest BCUT2D eigenvalue weighted by molar-refractivity contribution is 0.199. The highest BCUT2D eigenvalue weighted by Crippen LogP contribution is 2.15. The molecule has 0 aliphatic rings. The SMILES string of the molecule is COCCNCC(C)SC(C)C. The number of rotatable bonds is 7. The molecule has 12 heavy (non-hydrogen) atoms. The van der Waals surface area contributed by atoms with Crippen LogP contribution in [0.5, 0.6) is 0 Å². The number of ether oxygens (including phenoxy) is 1. The van der Waals surface area contributed by atoms with Crippen molar-refractivity contribution in [1.82, 2.24) is 5.32 Å². The smallest absolute Gasteiger partial charge is 0.0587 e. The van der Waals surface area contributed by atoms with Gasteiger partial charge in [0.05, 0.1) is 6.61 Å². The van der Waals surface area contributed by atoms with E-state index in [1.807, 2.05) is 11.8 Å². The Morgan fingerprint density at radius 3 is 2.50 bits per heavy atom. The lowest BCUT2D eigenvalue weighted by Gasteiger charge is -2.14. The summed E-state index contributed by atoms with van der Waals surface area (Å²) >= 11 is 2.01. The van der Waals surface area contributed by atoms with Gasteiger partial charge in [0.2, 0.25) is 0 Å². The van der Waals surface area contributed by atoms with Gasteiger partial charge in [-0.1, -0.05) is 20.8 Å². The van der Waals surface area contributed by atoms with E-state index < -0.39 is 0 Å². The summed E-state index contributed by atoms with van der Waals surface area (Å²) in [6.07, 6.45) is 0. The highest BCUT2D eigenvalue weighted by molar-refractivity contribution is 8.00. The van der Waals surface area contributed by atoms with Crippen LogP contribution in [-0.4, -0.2) is 37.3 Å². The third-order valence-electron chi connectivity index (χ3n) is 1.42. The minimum Gasteiger partial charge on any atom is -0.383 e. The van der Waals surface area contributed by atoms with Gasteiger partial charge in [0.15, 0.2) is 0 Å². The van der Waals surface area contributed by atoms with E-state index in [0.717, 1.165) is 24.9 Å². The van der Waals surface area contributed by atoms with Gasteiger partial charge in [0.25, 0.3) is 0 Å². The Labute approximate surface area is 80.4 Å². The summed E-state index contributed by atoms with van der Waals surface area (Å²) in [4.78, 5) is 0. The Morgan fingerprint density at radius 2 is 2.00 bits per heavy atom. The minimum absolute atomic E-state index is 0.696. The van der Waals surface area contributed by atoms with Crippen LogP contribution in [0.15, 0.2) is 0 Å². The number of nitrogens with one attached hydrogen (secondary N) is 1. The van der Waals surface area contributed by atoms with Crippen LogP contribution in [0, 0.1) is 0 Å². The Hall–Kier alpha value is 0.270. The van der Waals surface area contributed by atoms with Gasteiger partial charge in [-0.2, -0.15) is 11.8 Å². The van der Waals surface area contributed by atoms with Gasteiger partial charge < -0.3 is 10.1 Å². The summed E-state index contributed by atoms with van der Waals surface area (Å²) in [7, 11) is 1.73. The second-order valence-corrected chi connectivity index (χ2v) is 5.21. The van der Waals surface area contributed by atoms with Crippen molar-refractivity contribution in [2.45, 2.75) is 31.3 Å². The molecule has 1 atom stereocenters. The van der Waals surface area contributed by atoms with E-state index in [9.17, 15) is 0 Å². The number of methoxy groups -OCH3 is 1. The molecule has 0 aliphatic carbocycles. The number of thioether (sulfide) groups is 1. The molecule has 0 fully saturated rings. The molecule has 0 aromatic carbocycles. The van der Waals surface area contributed by atoms with Gasteiger partial charge in [-0.05, 0) is 5.25 Å². The largest absolute Gasteiger partial charge is 0.383 e. The van der Waals surface area contributed by atoms with Crippen LogP contribution in [0.2, 0.25) is 0 Å². The van der Waals surface area contributed by atoms with E-state index in [4.69, 9.17) is 4.74 Å². The molecule has 1 N–H and O–H groups in total. The summed E-state index contributed by atoms with van der Waals surface area (Å²) in [6, 6.07) is 0. The van der Waals surface area contributed by atoms with Crippen molar-refractivity contribution in [3.05, 3.63) is 0 Å². The van der Waals surface area contributed by atoms with E-state index >= 15 is 0 Å². The van der Waals surface area contributed by atoms with E-state index in [2.05, 4.69) is 26.1 Å². The summed E-state index contributed by atoms with van der Waals surface area (Å²) < 4.78 is 4.94. The maximum Gasteiger partial charge on any atom is 0.0587 e. The van der Waals surface area contributed by atoms with Crippen LogP contribution in [-0.2, 0) is 4.74 Å². The summed E-state index contributed by atoms with van der Waals surface area (Å²) in [5, 5.41) is 4.77. The molecule has 0 spiro atoms. The van der Waals surface area contributed by atoms with Crippen molar-refractivity contribution in [3.8, 4) is 0 Å². The third-order valence-corrected chi connectivity index (χ3v) is 2.59. The lowest BCUT2D eigenvalue weighted by Crippen LogP contribution is -2.26. The van der Waals surface area contributed by atoms with Crippen LogP contribution >= 0.6 is 11.8 Å². The molecule has 2 nitrogen and oxygen atoms in total. The highest BCUT2D eigenvalue weighted by Gasteiger charge is 2.03. The Kier molecular flexibility index (Phi) is 8.07. The Morgan fingerprint density at radius 1 is 1.33 bits per heavy atom. The Bertz CT molecular complexity index is 98.5. The van der Waals surface area contributed by atoms with Crippen LogP contribution in [0.25, 0.3) is 0 Å². The molecule has 0 rings (SSSR count). The highest BCUT2D eigenvalue weighted by atomic mass is 32.2. The standard InChI is InChI=1S/C9H21NOS/c1-8(2)12-9(3)7-10-5-6-11-4/h8-10H,5-7H2,1-4H3. The van der Waals surface area contributed by atoms with Gasteiger partial charge in [-0.3, -0.25) is 0 Å². The second-order valence-electron chi connectivity index (χ2n) is 3.19. The fourth-order valence-electron chi connectivity index (χ4n) is 0.992. The minimum atomic E-state index is 0.696. The first-order valence-electron chi connectivity index (χ1n) is 4.52. The second kappa shape index (κ2) is 7.90. The van der Waals surface area contributed by atoms with E-state index in [-0.39, 0.29) is 0 Å². The molecule has 0 aromatic heterocycles. The van der Waals surface area contributed by atoms with Crippen molar-refractivity contribution in [3.63, 3.8) is 0 Å². The molecule has 0 amide bonds. The molecule has 1 unspecified atom stereocenters.